The van der Waals surface area contributed by atoms with Crippen LogP contribution in [0.25, 0.3) is 22.4 Å². The molecule has 0 spiro atoms. The summed E-state index contributed by atoms with van der Waals surface area (Å²) in [5.74, 6) is 0.583. The number of carbonyl (C=O) groups is 1. The van der Waals surface area contributed by atoms with Gasteiger partial charge in [-0.2, -0.15) is 0 Å². The van der Waals surface area contributed by atoms with Crippen LogP contribution in [0.3, 0.4) is 0 Å². The largest absolute Gasteiger partial charge is 0.496 e. The third-order valence-corrected chi connectivity index (χ3v) is 5.93. The van der Waals surface area contributed by atoms with Gasteiger partial charge in [0.05, 0.1) is 20.3 Å². The second-order valence-electron chi connectivity index (χ2n) is 7.81. The summed E-state index contributed by atoms with van der Waals surface area (Å²) in [6, 6.07) is 13.6. The van der Waals surface area contributed by atoms with Crippen molar-refractivity contribution in [2.45, 2.75) is 25.2 Å². The monoisotopic (exact) mass is 406 g/mol. The molecular weight excluding hydrogens is 384 g/mol. The summed E-state index contributed by atoms with van der Waals surface area (Å²) in [6.45, 7) is 1.67. The quantitative estimate of drug-likeness (QED) is 0.717. The fourth-order valence-electron chi connectivity index (χ4n) is 4.14. The summed E-state index contributed by atoms with van der Waals surface area (Å²) in [6.07, 6.45) is 0.283. The van der Waals surface area contributed by atoms with E-state index in [1.165, 1.54) is 4.90 Å². The molecule has 2 aliphatic heterocycles. The predicted molar refractivity (Wildman–Crippen MR) is 109 cm³/mol. The lowest BCUT2D eigenvalue weighted by atomic mass is 9.96. The van der Waals surface area contributed by atoms with E-state index in [1.54, 1.807) is 20.2 Å². The van der Waals surface area contributed by atoms with Crippen LogP contribution in [0.5, 0.6) is 5.75 Å². The first-order valence-corrected chi connectivity index (χ1v) is 9.83. The number of aromatic nitrogens is 1. The molecule has 3 aromatic rings. The summed E-state index contributed by atoms with van der Waals surface area (Å²) in [4.78, 5) is 13.8. The summed E-state index contributed by atoms with van der Waals surface area (Å²) in [5.41, 5.74) is 3.98. The van der Waals surface area contributed by atoms with E-state index in [4.69, 9.17) is 14.0 Å². The number of fused-ring (bicyclic) bond motifs is 1. The Morgan fingerprint density at radius 3 is 2.63 bits per heavy atom. The van der Waals surface area contributed by atoms with E-state index in [0.717, 1.165) is 33.6 Å². The van der Waals surface area contributed by atoms with Crippen LogP contribution in [0.1, 0.15) is 23.3 Å². The van der Waals surface area contributed by atoms with Crippen molar-refractivity contribution in [2.75, 3.05) is 20.7 Å². The molecule has 7 heteroatoms. The minimum atomic E-state index is -1.65. The smallest absolute Gasteiger partial charge is 0.262 e. The maximum absolute atomic E-state index is 12.3. The molecule has 0 saturated carbocycles. The molecule has 0 aliphatic carbocycles. The normalized spacial score (nSPS) is 20.6. The molecule has 2 aliphatic rings. The van der Waals surface area contributed by atoms with E-state index in [2.05, 4.69) is 11.2 Å². The van der Waals surface area contributed by atoms with E-state index in [1.807, 2.05) is 30.3 Å². The van der Waals surface area contributed by atoms with Gasteiger partial charge >= 0.3 is 0 Å². The highest BCUT2D eigenvalue weighted by molar-refractivity contribution is 5.88. The minimum absolute atomic E-state index is 0.171. The first-order chi connectivity index (χ1) is 14.5. The number of carbonyl (C=O) groups excluding carboxylic acids is 1. The van der Waals surface area contributed by atoms with Gasteiger partial charge in [0, 0.05) is 37.2 Å². The van der Waals surface area contributed by atoms with Gasteiger partial charge in [-0.05, 0) is 34.9 Å². The molecular formula is C23H22N2O5. The molecule has 7 nitrogen and oxygen atoms in total. The summed E-state index contributed by atoms with van der Waals surface area (Å²) in [7, 11) is 3.32. The van der Waals surface area contributed by atoms with Gasteiger partial charge < -0.3 is 24.0 Å². The number of likely N-dealkylation sites (N-methyl/N-ethyl adjacent to an activating group) is 1. The van der Waals surface area contributed by atoms with Crippen LogP contribution in [-0.4, -0.2) is 41.8 Å². The summed E-state index contributed by atoms with van der Waals surface area (Å²) < 4.78 is 16.5. The Hall–Kier alpha value is -3.16. The second kappa shape index (κ2) is 6.97. The maximum Gasteiger partial charge on any atom is 0.262 e. The third-order valence-electron chi connectivity index (χ3n) is 5.93. The van der Waals surface area contributed by atoms with Crippen LogP contribution in [-0.2, 0) is 28.3 Å². The van der Waals surface area contributed by atoms with Gasteiger partial charge in [0.25, 0.3) is 5.91 Å². The number of aliphatic hydroxyl groups is 1. The van der Waals surface area contributed by atoms with E-state index in [-0.39, 0.29) is 18.1 Å². The molecule has 3 heterocycles. The molecule has 1 amide bonds. The summed E-state index contributed by atoms with van der Waals surface area (Å²) in [5, 5.41) is 14.9. The number of ether oxygens (including phenoxy) is 2. The van der Waals surface area contributed by atoms with Crippen LogP contribution in [0.15, 0.2) is 47.0 Å². The molecule has 30 heavy (non-hydrogen) atoms. The maximum atomic E-state index is 12.3. The molecule has 1 saturated heterocycles. The molecule has 1 atom stereocenters. The Kier molecular flexibility index (Phi) is 4.38. The van der Waals surface area contributed by atoms with Gasteiger partial charge in [-0.15, -0.1) is 0 Å². The number of nitrogens with zero attached hydrogens (tertiary/aromatic N) is 2. The molecule has 1 N–H and O–H groups in total. The zero-order chi connectivity index (χ0) is 20.9. The predicted octanol–water partition coefficient (Wildman–Crippen LogP) is 3.10. The van der Waals surface area contributed by atoms with Crippen molar-refractivity contribution in [1.82, 2.24) is 10.1 Å². The first kappa shape index (κ1) is 18.8. The molecule has 0 unspecified atom stereocenters. The Morgan fingerprint density at radius 1 is 1.13 bits per heavy atom. The van der Waals surface area contributed by atoms with Gasteiger partial charge in [-0.25, -0.2) is 0 Å². The Labute approximate surface area is 173 Å². The number of hydrogen-bond donors (Lipinski definition) is 1. The van der Waals surface area contributed by atoms with Crippen molar-refractivity contribution < 1.29 is 23.9 Å². The van der Waals surface area contributed by atoms with Crippen molar-refractivity contribution in [3.8, 4) is 28.1 Å². The van der Waals surface area contributed by atoms with Crippen LogP contribution < -0.4 is 4.74 Å². The average molecular weight is 406 g/mol. The van der Waals surface area contributed by atoms with Crippen LogP contribution in [0.4, 0.5) is 0 Å². The van der Waals surface area contributed by atoms with Crippen molar-refractivity contribution >= 4 is 5.91 Å². The lowest BCUT2D eigenvalue weighted by Gasteiger charge is -2.16. The third kappa shape index (κ3) is 2.89. The number of rotatable bonds is 4. The number of benzene rings is 2. The summed E-state index contributed by atoms with van der Waals surface area (Å²) >= 11 is 0. The van der Waals surface area contributed by atoms with Gasteiger partial charge in [0.15, 0.2) is 5.76 Å². The molecule has 5 rings (SSSR count). The lowest BCUT2D eigenvalue weighted by Crippen LogP contribution is -2.35. The van der Waals surface area contributed by atoms with Gasteiger partial charge in [-0.3, -0.25) is 4.79 Å². The highest BCUT2D eigenvalue weighted by Gasteiger charge is 2.48. The fourth-order valence-corrected chi connectivity index (χ4v) is 4.14. The Balaban J connectivity index is 1.52. The topological polar surface area (TPSA) is 85.0 Å². The Morgan fingerprint density at radius 2 is 1.90 bits per heavy atom. The second-order valence-corrected chi connectivity index (χ2v) is 7.81. The van der Waals surface area contributed by atoms with Crippen molar-refractivity contribution in [3.63, 3.8) is 0 Å². The number of amides is 1. The SMILES string of the molecule is COc1cc2c(cc1-c1cccc(-c3cc([C@]4(O)CCN(C)C4=O)on3)c1)COC2. The van der Waals surface area contributed by atoms with Crippen molar-refractivity contribution in [1.29, 1.82) is 0 Å². The Bertz CT molecular complexity index is 1140. The molecule has 0 bridgehead atoms. The number of likely N-dealkylation sites (tertiary alicyclic amines) is 1. The van der Waals surface area contributed by atoms with Gasteiger partial charge in [-0.1, -0.05) is 23.4 Å². The molecule has 1 fully saturated rings. The highest BCUT2D eigenvalue weighted by atomic mass is 16.5. The van der Waals surface area contributed by atoms with E-state index >= 15 is 0 Å². The van der Waals surface area contributed by atoms with Crippen LogP contribution >= 0.6 is 0 Å². The lowest BCUT2D eigenvalue weighted by molar-refractivity contribution is -0.144. The zero-order valence-corrected chi connectivity index (χ0v) is 16.8. The molecule has 2 aromatic carbocycles. The standard InChI is InChI=1S/C23H22N2O5/c1-25-7-6-23(27,22(25)26)21-11-19(24-30-21)15-5-3-4-14(8-15)18-9-16-12-29-13-17(16)10-20(18)28-2/h3-5,8-11,27H,6-7,12-13H2,1-2H3/t23-/m1/s1. The van der Waals surface area contributed by atoms with Crippen molar-refractivity contribution in [3.05, 3.63) is 59.4 Å². The van der Waals surface area contributed by atoms with Crippen LogP contribution in [0, 0.1) is 0 Å². The van der Waals surface area contributed by atoms with Gasteiger partial charge in [0.1, 0.15) is 11.4 Å². The molecule has 154 valence electrons. The van der Waals surface area contributed by atoms with E-state index < -0.39 is 5.60 Å². The van der Waals surface area contributed by atoms with Gasteiger partial charge in [0.2, 0.25) is 5.60 Å². The molecule has 1 aromatic heterocycles. The van der Waals surface area contributed by atoms with Crippen LogP contribution in [0.2, 0.25) is 0 Å². The minimum Gasteiger partial charge on any atom is -0.496 e. The molecule has 0 radical (unpaired) electrons. The van der Waals surface area contributed by atoms with E-state index in [9.17, 15) is 9.90 Å². The zero-order valence-electron chi connectivity index (χ0n) is 16.8. The number of methoxy groups -OCH3 is 1. The van der Waals surface area contributed by atoms with E-state index in [0.29, 0.717) is 25.5 Å². The highest BCUT2D eigenvalue weighted by Crippen LogP contribution is 2.38. The first-order valence-electron chi connectivity index (χ1n) is 9.83. The number of hydrogen-bond acceptors (Lipinski definition) is 6. The van der Waals surface area contributed by atoms with Crippen molar-refractivity contribution in [2.24, 2.45) is 0 Å². The fraction of sp³-hybridized carbons (Fsp3) is 0.304. The average Bonchev–Trinajstić information content (AvgIpc) is 3.50.